The fourth-order valence-corrected chi connectivity index (χ4v) is 2.86. The fraction of sp³-hybridized carbons (Fsp3) is 0.625. The fourth-order valence-electron chi connectivity index (χ4n) is 2.86. The van der Waals surface area contributed by atoms with E-state index >= 15 is 0 Å². The summed E-state index contributed by atoms with van der Waals surface area (Å²) < 4.78 is 17.0. The van der Waals surface area contributed by atoms with Crippen molar-refractivity contribution < 1.29 is 14.2 Å². The van der Waals surface area contributed by atoms with Gasteiger partial charge in [-0.2, -0.15) is 0 Å². The first-order chi connectivity index (χ1) is 9.81. The van der Waals surface area contributed by atoms with E-state index in [1.165, 1.54) is 6.42 Å². The molecular weight excluding hydrogens is 254 g/mol. The van der Waals surface area contributed by atoms with Crippen molar-refractivity contribution in [2.75, 3.05) is 33.9 Å². The molecule has 1 aromatic carbocycles. The van der Waals surface area contributed by atoms with Crippen LogP contribution in [-0.4, -0.2) is 33.9 Å². The molecule has 0 radical (unpaired) electrons. The molecule has 1 aliphatic heterocycles. The first kappa shape index (κ1) is 15.1. The van der Waals surface area contributed by atoms with Gasteiger partial charge in [0.15, 0.2) is 11.5 Å². The number of nitrogens with one attached hydrogen (secondary N) is 1. The maximum atomic E-state index is 6.04. The van der Waals surface area contributed by atoms with E-state index in [2.05, 4.69) is 18.3 Å². The quantitative estimate of drug-likeness (QED) is 0.869. The Morgan fingerprint density at radius 2 is 2.15 bits per heavy atom. The topological polar surface area (TPSA) is 39.7 Å². The molecule has 1 aromatic rings. The van der Waals surface area contributed by atoms with E-state index in [1.807, 2.05) is 12.1 Å². The summed E-state index contributed by atoms with van der Waals surface area (Å²) in [5.74, 6) is 2.04. The van der Waals surface area contributed by atoms with E-state index < -0.39 is 0 Å². The van der Waals surface area contributed by atoms with Gasteiger partial charge < -0.3 is 19.5 Å². The highest BCUT2D eigenvalue weighted by atomic mass is 16.5. The highest BCUT2D eigenvalue weighted by molar-refractivity contribution is 5.48. The number of ether oxygens (including phenoxy) is 3. The summed E-state index contributed by atoms with van der Waals surface area (Å²) in [5.41, 5.74) is 1.09. The molecule has 4 heteroatoms. The van der Waals surface area contributed by atoms with Crippen molar-refractivity contribution in [3.63, 3.8) is 0 Å². The summed E-state index contributed by atoms with van der Waals surface area (Å²) in [6.07, 6.45) is 2.38. The van der Waals surface area contributed by atoms with Crippen LogP contribution in [0.4, 0.5) is 0 Å². The number of benzene rings is 1. The Balaban J connectivity index is 2.27. The zero-order chi connectivity index (χ0) is 14.4. The van der Waals surface area contributed by atoms with Crippen molar-refractivity contribution in [3.05, 3.63) is 23.8 Å². The van der Waals surface area contributed by atoms with E-state index in [-0.39, 0.29) is 6.10 Å². The standard InChI is InChI=1S/C16H25NO3/c1-4-17-11-12-7-6-10-20-15(12)13-8-5-9-14(18-2)16(13)19-3/h5,8-9,12,15,17H,4,6-7,10-11H2,1-3H3. The van der Waals surface area contributed by atoms with Gasteiger partial charge in [-0.25, -0.2) is 0 Å². The Labute approximate surface area is 121 Å². The maximum Gasteiger partial charge on any atom is 0.166 e. The van der Waals surface area contributed by atoms with Gasteiger partial charge in [0, 0.05) is 24.6 Å². The highest BCUT2D eigenvalue weighted by Gasteiger charge is 2.30. The van der Waals surface area contributed by atoms with Gasteiger partial charge in [0.1, 0.15) is 0 Å². The predicted molar refractivity (Wildman–Crippen MR) is 79.5 cm³/mol. The maximum absolute atomic E-state index is 6.04. The summed E-state index contributed by atoms with van der Waals surface area (Å²) in [7, 11) is 3.35. The Kier molecular flexibility index (Phi) is 5.68. The number of para-hydroxylation sites is 1. The first-order valence-corrected chi connectivity index (χ1v) is 7.35. The highest BCUT2D eigenvalue weighted by Crippen LogP contribution is 2.41. The van der Waals surface area contributed by atoms with Crippen LogP contribution in [0.3, 0.4) is 0 Å². The molecule has 1 fully saturated rings. The Bertz CT molecular complexity index is 422. The molecule has 2 unspecified atom stereocenters. The van der Waals surface area contributed by atoms with E-state index in [0.29, 0.717) is 5.92 Å². The minimum absolute atomic E-state index is 0.0767. The molecule has 0 saturated carbocycles. The lowest BCUT2D eigenvalue weighted by Crippen LogP contribution is -2.32. The van der Waals surface area contributed by atoms with Crippen LogP contribution in [0.5, 0.6) is 11.5 Å². The molecular formula is C16H25NO3. The van der Waals surface area contributed by atoms with Gasteiger partial charge in [0.2, 0.25) is 0 Å². The minimum atomic E-state index is 0.0767. The van der Waals surface area contributed by atoms with Gasteiger partial charge in [0.05, 0.1) is 20.3 Å². The number of hydrogen-bond acceptors (Lipinski definition) is 4. The van der Waals surface area contributed by atoms with E-state index in [4.69, 9.17) is 14.2 Å². The summed E-state index contributed by atoms with van der Waals surface area (Å²) in [5, 5.41) is 3.43. The third-order valence-electron chi connectivity index (χ3n) is 3.84. The summed E-state index contributed by atoms with van der Waals surface area (Å²) in [4.78, 5) is 0. The van der Waals surface area contributed by atoms with Gasteiger partial charge in [0.25, 0.3) is 0 Å². The van der Waals surface area contributed by atoms with E-state index in [0.717, 1.165) is 43.2 Å². The summed E-state index contributed by atoms with van der Waals surface area (Å²) in [6.45, 7) is 4.90. The van der Waals surface area contributed by atoms with E-state index in [1.54, 1.807) is 14.2 Å². The molecule has 4 nitrogen and oxygen atoms in total. The number of rotatable bonds is 6. The molecule has 20 heavy (non-hydrogen) atoms. The molecule has 1 saturated heterocycles. The van der Waals surface area contributed by atoms with Gasteiger partial charge >= 0.3 is 0 Å². The average Bonchev–Trinajstić information content (AvgIpc) is 2.52. The van der Waals surface area contributed by atoms with Crippen LogP contribution in [0.2, 0.25) is 0 Å². The van der Waals surface area contributed by atoms with Crippen molar-refractivity contribution in [2.24, 2.45) is 5.92 Å². The van der Waals surface area contributed by atoms with Crippen LogP contribution in [0, 0.1) is 5.92 Å². The largest absolute Gasteiger partial charge is 0.493 e. The van der Waals surface area contributed by atoms with Gasteiger partial charge in [-0.1, -0.05) is 19.1 Å². The molecule has 0 spiro atoms. The van der Waals surface area contributed by atoms with Crippen molar-refractivity contribution >= 4 is 0 Å². The second-order valence-electron chi connectivity index (χ2n) is 5.08. The number of methoxy groups -OCH3 is 2. The molecule has 0 aromatic heterocycles. The summed E-state index contributed by atoms with van der Waals surface area (Å²) >= 11 is 0. The molecule has 0 amide bonds. The monoisotopic (exact) mass is 279 g/mol. The average molecular weight is 279 g/mol. The van der Waals surface area contributed by atoms with E-state index in [9.17, 15) is 0 Å². The SMILES string of the molecule is CCNCC1CCCOC1c1cccc(OC)c1OC. The predicted octanol–water partition coefficient (Wildman–Crippen LogP) is 2.78. The Morgan fingerprint density at radius 3 is 2.85 bits per heavy atom. The lowest BCUT2D eigenvalue weighted by atomic mass is 9.88. The van der Waals surface area contributed by atoms with Crippen LogP contribution < -0.4 is 14.8 Å². The molecule has 2 rings (SSSR count). The second kappa shape index (κ2) is 7.50. The molecule has 1 N–H and O–H groups in total. The second-order valence-corrected chi connectivity index (χ2v) is 5.08. The molecule has 0 aliphatic carbocycles. The van der Waals surface area contributed by atoms with Gasteiger partial charge in [-0.05, 0) is 25.5 Å². The third-order valence-corrected chi connectivity index (χ3v) is 3.84. The summed E-state index contributed by atoms with van der Waals surface area (Å²) in [6, 6.07) is 6.00. The molecule has 1 heterocycles. The van der Waals surface area contributed by atoms with Crippen molar-refractivity contribution in [2.45, 2.75) is 25.9 Å². The molecule has 0 bridgehead atoms. The first-order valence-electron chi connectivity index (χ1n) is 7.35. The smallest absolute Gasteiger partial charge is 0.166 e. The Hall–Kier alpha value is -1.26. The molecule has 112 valence electrons. The zero-order valence-corrected chi connectivity index (χ0v) is 12.6. The van der Waals surface area contributed by atoms with Crippen LogP contribution >= 0.6 is 0 Å². The van der Waals surface area contributed by atoms with Crippen LogP contribution in [0.1, 0.15) is 31.4 Å². The number of hydrogen-bond donors (Lipinski definition) is 1. The van der Waals surface area contributed by atoms with Crippen molar-refractivity contribution in [3.8, 4) is 11.5 Å². The third kappa shape index (κ3) is 3.25. The molecule has 2 atom stereocenters. The van der Waals surface area contributed by atoms with Crippen molar-refractivity contribution in [1.29, 1.82) is 0 Å². The zero-order valence-electron chi connectivity index (χ0n) is 12.6. The normalized spacial score (nSPS) is 22.6. The van der Waals surface area contributed by atoms with Crippen molar-refractivity contribution in [1.82, 2.24) is 5.32 Å². The van der Waals surface area contributed by atoms with Crippen LogP contribution in [0.15, 0.2) is 18.2 Å². The lowest BCUT2D eigenvalue weighted by Gasteiger charge is -2.33. The van der Waals surface area contributed by atoms with Gasteiger partial charge in [-0.15, -0.1) is 0 Å². The Morgan fingerprint density at radius 1 is 1.30 bits per heavy atom. The van der Waals surface area contributed by atoms with Crippen LogP contribution in [0.25, 0.3) is 0 Å². The minimum Gasteiger partial charge on any atom is -0.493 e. The van der Waals surface area contributed by atoms with Gasteiger partial charge in [-0.3, -0.25) is 0 Å². The lowest BCUT2D eigenvalue weighted by molar-refractivity contribution is -0.0288. The van der Waals surface area contributed by atoms with Crippen LogP contribution in [-0.2, 0) is 4.74 Å². The molecule has 1 aliphatic rings.